The van der Waals surface area contributed by atoms with Crippen LogP contribution in [0.25, 0.3) is 17.4 Å². The summed E-state index contributed by atoms with van der Waals surface area (Å²) in [6, 6.07) is 17.1. The van der Waals surface area contributed by atoms with Crippen molar-refractivity contribution in [1.29, 1.82) is 0 Å². The standard InChI is InChI=1S/C32H39N6O6P/c1-4-22(5-2)19-42-30(40)26(16-23-12-8-6-9-13-23)37-45(41,44-25-14-10-7-11-15-25)43-20-32(3)17-24(32)18-38-21-34-27-28(38)35-31(33)36-29(27)39/h6-15,18,21-22,26H,4-5,16-17,19-20H2,1-3H3,(H,37,41)(H3,33,35,36,39)/b24-18-/t26-,32?,45-/m0/s1. The van der Waals surface area contributed by atoms with Crippen LogP contribution in [0.4, 0.5) is 5.95 Å². The molecule has 1 aliphatic rings. The summed E-state index contributed by atoms with van der Waals surface area (Å²) in [6.07, 6.45) is 5.91. The second-order valence-electron chi connectivity index (χ2n) is 11.5. The first-order valence-electron chi connectivity index (χ1n) is 15.0. The van der Waals surface area contributed by atoms with Crippen LogP contribution in [0.15, 0.2) is 77.4 Å². The van der Waals surface area contributed by atoms with E-state index >= 15 is 0 Å². The Kier molecular flexibility index (Phi) is 9.86. The van der Waals surface area contributed by atoms with Gasteiger partial charge >= 0.3 is 13.7 Å². The summed E-state index contributed by atoms with van der Waals surface area (Å²) in [6.45, 7) is 6.37. The fourth-order valence-electron chi connectivity index (χ4n) is 4.91. The maximum atomic E-state index is 14.4. The van der Waals surface area contributed by atoms with E-state index < -0.39 is 30.7 Å². The fraction of sp³-hybridized carbons (Fsp3) is 0.375. The maximum absolute atomic E-state index is 14.4. The molecular formula is C32H39N6O6P. The van der Waals surface area contributed by atoms with E-state index in [0.29, 0.717) is 17.8 Å². The summed E-state index contributed by atoms with van der Waals surface area (Å²) < 4.78 is 33.8. The maximum Gasteiger partial charge on any atom is 0.459 e. The molecule has 45 heavy (non-hydrogen) atoms. The van der Waals surface area contributed by atoms with Crippen molar-refractivity contribution in [2.45, 2.75) is 52.5 Å². The average molecular weight is 635 g/mol. The third kappa shape index (κ3) is 8.08. The smallest absolute Gasteiger partial charge is 0.459 e. The Bertz CT molecular complexity index is 1750. The van der Waals surface area contributed by atoms with Crippen LogP contribution in [0.3, 0.4) is 0 Å². The van der Waals surface area contributed by atoms with Crippen LogP contribution in [0.2, 0.25) is 0 Å². The van der Waals surface area contributed by atoms with E-state index in [-0.39, 0.29) is 37.0 Å². The van der Waals surface area contributed by atoms with Gasteiger partial charge < -0.3 is 15.0 Å². The number of aromatic nitrogens is 4. The molecule has 4 aromatic rings. The van der Waals surface area contributed by atoms with Gasteiger partial charge in [0.1, 0.15) is 18.1 Å². The number of esters is 1. The van der Waals surface area contributed by atoms with E-state index in [0.717, 1.165) is 24.0 Å². The number of imidazole rings is 1. The van der Waals surface area contributed by atoms with Gasteiger partial charge in [-0.3, -0.25) is 23.7 Å². The molecule has 0 bridgehead atoms. The number of aromatic amines is 1. The van der Waals surface area contributed by atoms with Gasteiger partial charge in [0.25, 0.3) is 5.56 Å². The molecule has 2 heterocycles. The van der Waals surface area contributed by atoms with Crippen LogP contribution >= 0.6 is 7.75 Å². The van der Waals surface area contributed by atoms with Crippen LogP contribution in [0.1, 0.15) is 45.6 Å². The van der Waals surface area contributed by atoms with Gasteiger partial charge in [0, 0.05) is 11.6 Å². The van der Waals surface area contributed by atoms with Crippen molar-refractivity contribution in [3.63, 3.8) is 0 Å². The highest BCUT2D eigenvalue weighted by Gasteiger charge is 2.47. The molecule has 13 heteroatoms. The van der Waals surface area contributed by atoms with Gasteiger partial charge in [0.2, 0.25) is 5.95 Å². The molecule has 2 aromatic heterocycles. The summed E-state index contributed by atoms with van der Waals surface area (Å²) in [7, 11) is -4.13. The number of nitrogens with zero attached hydrogens (tertiary/aromatic N) is 3. The van der Waals surface area contributed by atoms with Crippen molar-refractivity contribution in [3.05, 3.63) is 88.5 Å². The number of rotatable bonds is 15. The van der Waals surface area contributed by atoms with Crippen LogP contribution in [-0.4, -0.2) is 44.7 Å². The number of carbonyl (C=O) groups is 1. The van der Waals surface area contributed by atoms with Crippen LogP contribution in [-0.2, 0) is 25.0 Å². The molecule has 1 fully saturated rings. The SMILES string of the molecule is CCC(CC)COC(=O)[C@H](Cc1ccccc1)N[P@](=O)(OCC1(C)C/C1=C/n1cnc2c(=O)[nH]c(N)nc21)Oc1ccccc1. The molecule has 1 saturated carbocycles. The second kappa shape index (κ2) is 13.8. The first kappa shape index (κ1) is 32.2. The minimum atomic E-state index is -4.13. The molecular weight excluding hydrogens is 595 g/mol. The number of hydrogen-bond acceptors (Lipinski definition) is 9. The summed E-state index contributed by atoms with van der Waals surface area (Å²) in [5.41, 5.74) is 7.13. The second-order valence-corrected chi connectivity index (χ2v) is 13.2. The van der Waals surface area contributed by atoms with Crippen molar-refractivity contribution in [3.8, 4) is 5.75 Å². The van der Waals surface area contributed by atoms with Crippen molar-refractivity contribution in [1.82, 2.24) is 24.6 Å². The number of para-hydroxylation sites is 1. The summed E-state index contributed by atoms with van der Waals surface area (Å²) in [5, 5.41) is 2.92. The van der Waals surface area contributed by atoms with Crippen LogP contribution in [0.5, 0.6) is 5.75 Å². The Balaban J connectivity index is 1.37. The first-order valence-corrected chi connectivity index (χ1v) is 16.6. The van der Waals surface area contributed by atoms with E-state index in [1.807, 2.05) is 49.5 Å². The molecule has 0 aliphatic heterocycles. The fourth-order valence-corrected chi connectivity index (χ4v) is 6.52. The molecule has 3 atom stereocenters. The predicted octanol–water partition coefficient (Wildman–Crippen LogP) is 5.34. The number of ether oxygens (including phenoxy) is 1. The van der Waals surface area contributed by atoms with Gasteiger partial charge in [-0.15, -0.1) is 0 Å². The summed E-state index contributed by atoms with van der Waals surface area (Å²) in [5.74, 6) is 0.0154. The number of benzene rings is 2. The molecule has 0 spiro atoms. The quantitative estimate of drug-likeness (QED) is 0.115. The third-order valence-electron chi connectivity index (χ3n) is 8.00. The highest BCUT2D eigenvalue weighted by atomic mass is 31.2. The zero-order valence-electron chi connectivity index (χ0n) is 25.6. The Hall–Kier alpha value is -4.25. The lowest BCUT2D eigenvalue weighted by Gasteiger charge is -2.26. The number of anilines is 1. The molecule has 5 rings (SSSR count). The lowest BCUT2D eigenvalue weighted by molar-refractivity contribution is -0.147. The zero-order valence-corrected chi connectivity index (χ0v) is 26.5. The topological polar surface area (TPSA) is 163 Å². The molecule has 2 aromatic carbocycles. The number of nitrogen functional groups attached to an aromatic ring is 1. The number of H-pyrrole nitrogens is 1. The van der Waals surface area contributed by atoms with Gasteiger partial charge in [0.05, 0.1) is 13.2 Å². The van der Waals surface area contributed by atoms with Gasteiger partial charge in [-0.1, -0.05) is 82.1 Å². The Morgan fingerprint density at radius 2 is 1.84 bits per heavy atom. The van der Waals surface area contributed by atoms with Crippen molar-refractivity contribution < 1.29 is 23.1 Å². The number of fused-ring (bicyclic) bond motifs is 1. The van der Waals surface area contributed by atoms with Gasteiger partial charge in [-0.2, -0.15) is 10.1 Å². The first-order chi connectivity index (χ1) is 21.6. The summed E-state index contributed by atoms with van der Waals surface area (Å²) >= 11 is 0. The highest BCUT2D eigenvalue weighted by molar-refractivity contribution is 7.52. The molecule has 12 nitrogen and oxygen atoms in total. The van der Waals surface area contributed by atoms with E-state index in [1.165, 1.54) is 6.33 Å². The molecule has 0 saturated heterocycles. The van der Waals surface area contributed by atoms with Gasteiger partial charge in [0.15, 0.2) is 11.2 Å². The van der Waals surface area contributed by atoms with Gasteiger partial charge in [-0.25, -0.2) is 9.55 Å². The lowest BCUT2D eigenvalue weighted by atomic mass is 10.0. The minimum absolute atomic E-state index is 0.0110. The van der Waals surface area contributed by atoms with Crippen molar-refractivity contribution in [2.24, 2.45) is 11.3 Å². The zero-order chi connectivity index (χ0) is 32.0. The normalized spacial score (nSPS) is 19.0. The van der Waals surface area contributed by atoms with Crippen molar-refractivity contribution in [2.75, 3.05) is 18.9 Å². The minimum Gasteiger partial charge on any atom is -0.464 e. The monoisotopic (exact) mass is 634 g/mol. The number of nitrogens with two attached hydrogens (primary N) is 1. The van der Waals surface area contributed by atoms with E-state index in [4.69, 9.17) is 19.5 Å². The van der Waals surface area contributed by atoms with E-state index in [1.54, 1.807) is 28.8 Å². The Morgan fingerprint density at radius 3 is 2.53 bits per heavy atom. The lowest BCUT2D eigenvalue weighted by Crippen LogP contribution is -2.40. The third-order valence-corrected chi connectivity index (χ3v) is 9.54. The molecule has 0 radical (unpaired) electrons. The number of hydrogen-bond donors (Lipinski definition) is 3. The molecule has 0 amide bonds. The summed E-state index contributed by atoms with van der Waals surface area (Å²) in [4.78, 5) is 36.4. The largest absolute Gasteiger partial charge is 0.464 e. The Morgan fingerprint density at radius 1 is 1.16 bits per heavy atom. The van der Waals surface area contributed by atoms with E-state index in [9.17, 15) is 14.2 Å². The van der Waals surface area contributed by atoms with Crippen LogP contribution < -0.4 is 20.9 Å². The van der Waals surface area contributed by atoms with E-state index in [2.05, 4.69) is 33.9 Å². The van der Waals surface area contributed by atoms with Gasteiger partial charge in [-0.05, 0) is 42.0 Å². The van der Waals surface area contributed by atoms with Crippen molar-refractivity contribution >= 4 is 37.0 Å². The molecule has 1 unspecified atom stereocenters. The number of carbonyl (C=O) groups excluding carboxylic acids is 1. The Labute approximate surface area is 261 Å². The molecule has 238 valence electrons. The average Bonchev–Trinajstić information content (AvgIpc) is 3.49. The predicted molar refractivity (Wildman–Crippen MR) is 172 cm³/mol. The molecule has 4 N–H and O–H groups in total. The number of nitrogens with one attached hydrogen (secondary N) is 2. The van der Waals surface area contributed by atoms with Crippen LogP contribution in [0, 0.1) is 11.3 Å². The molecule has 1 aliphatic carbocycles. The highest BCUT2D eigenvalue weighted by Crippen LogP contribution is 2.56.